The van der Waals surface area contributed by atoms with E-state index in [0.717, 1.165) is 12.0 Å². The third kappa shape index (κ3) is 9.60. The van der Waals surface area contributed by atoms with Crippen molar-refractivity contribution in [2.45, 2.75) is 26.3 Å². The Morgan fingerprint density at radius 1 is 1.28 bits per heavy atom. The number of aliphatic hydroxyl groups is 1. The number of rotatable bonds is 11. The average Bonchev–Trinajstić information content (AvgIpc) is 3.14. The molecule has 1 atom stereocenters. The van der Waals surface area contributed by atoms with Gasteiger partial charge in [0.05, 0.1) is 18.9 Å². The fourth-order valence-electron chi connectivity index (χ4n) is 3.04. The molecule has 1 aromatic carbocycles. The number of ether oxygens (including phenoxy) is 1. The summed E-state index contributed by atoms with van der Waals surface area (Å²) >= 11 is 0. The molecule has 0 saturated carbocycles. The number of nitrogens with zero attached hydrogens (tertiary/aromatic N) is 1. The minimum absolute atomic E-state index is 0. The summed E-state index contributed by atoms with van der Waals surface area (Å²) < 4.78 is 32.5. The molecule has 10 heteroatoms. The Hall–Kier alpha value is -0.950. The quantitative estimate of drug-likeness (QED) is 0.190. The van der Waals surface area contributed by atoms with Crippen LogP contribution in [0.1, 0.15) is 25.3 Å². The summed E-state index contributed by atoms with van der Waals surface area (Å²) in [5.41, 5.74) is 0.780. The first-order chi connectivity index (χ1) is 13.5. The largest absolute Gasteiger partial charge is 0.396 e. The maximum atomic E-state index is 12.2. The molecule has 8 nitrogen and oxygen atoms in total. The van der Waals surface area contributed by atoms with Crippen molar-refractivity contribution in [3.63, 3.8) is 0 Å². The van der Waals surface area contributed by atoms with Crippen molar-refractivity contribution in [3.8, 4) is 0 Å². The highest BCUT2D eigenvalue weighted by atomic mass is 127. The molecule has 0 spiro atoms. The molecule has 1 aliphatic rings. The van der Waals surface area contributed by atoms with Gasteiger partial charge in [-0.3, -0.25) is 4.99 Å². The predicted molar refractivity (Wildman–Crippen MR) is 126 cm³/mol. The van der Waals surface area contributed by atoms with Crippen molar-refractivity contribution >= 4 is 40.0 Å². The zero-order valence-electron chi connectivity index (χ0n) is 16.9. The summed E-state index contributed by atoms with van der Waals surface area (Å²) in [6.45, 7) is 5.07. The number of aliphatic hydroxyl groups excluding tert-OH is 1. The summed E-state index contributed by atoms with van der Waals surface area (Å²) in [5.74, 6) is 0.528. The Bertz CT molecular complexity index is 710. The highest BCUT2D eigenvalue weighted by Crippen LogP contribution is 2.32. The Balaban J connectivity index is 0.00000420. The van der Waals surface area contributed by atoms with E-state index in [1.54, 1.807) is 0 Å². The molecule has 29 heavy (non-hydrogen) atoms. The van der Waals surface area contributed by atoms with Crippen LogP contribution in [0.3, 0.4) is 0 Å². The van der Waals surface area contributed by atoms with E-state index in [1.165, 1.54) is 0 Å². The molecule has 166 valence electrons. The van der Waals surface area contributed by atoms with Crippen LogP contribution in [0.2, 0.25) is 0 Å². The van der Waals surface area contributed by atoms with Crippen LogP contribution >= 0.6 is 24.0 Å². The van der Waals surface area contributed by atoms with E-state index in [-0.39, 0.29) is 54.8 Å². The van der Waals surface area contributed by atoms with Crippen LogP contribution in [0.25, 0.3) is 0 Å². The van der Waals surface area contributed by atoms with Crippen LogP contribution in [0.4, 0.5) is 0 Å². The first kappa shape index (κ1) is 26.1. The molecule has 0 radical (unpaired) electrons. The second-order valence-corrected chi connectivity index (χ2v) is 8.95. The van der Waals surface area contributed by atoms with Gasteiger partial charge < -0.3 is 20.5 Å². The second kappa shape index (κ2) is 13.4. The van der Waals surface area contributed by atoms with Crippen LogP contribution in [0, 0.1) is 5.41 Å². The maximum Gasteiger partial charge on any atom is 0.213 e. The zero-order valence-corrected chi connectivity index (χ0v) is 20.0. The van der Waals surface area contributed by atoms with Gasteiger partial charge in [0.2, 0.25) is 10.0 Å². The summed E-state index contributed by atoms with van der Waals surface area (Å²) in [4.78, 5) is 4.59. The summed E-state index contributed by atoms with van der Waals surface area (Å²) in [7, 11) is -3.39. The summed E-state index contributed by atoms with van der Waals surface area (Å²) in [5, 5.41) is 15.5. The molecule has 0 aliphatic carbocycles. The summed E-state index contributed by atoms with van der Waals surface area (Å²) in [6, 6.07) is 9.41. The van der Waals surface area contributed by atoms with E-state index in [2.05, 4.69) is 20.3 Å². The topological polar surface area (TPSA) is 112 Å². The van der Waals surface area contributed by atoms with Crippen molar-refractivity contribution in [1.29, 1.82) is 0 Å². The lowest BCUT2D eigenvalue weighted by Gasteiger charge is -2.24. The molecular weight excluding hydrogens is 507 g/mol. The van der Waals surface area contributed by atoms with Crippen LogP contribution in [0.5, 0.6) is 0 Å². The van der Waals surface area contributed by atoms with E-state index in [9.17, 15) is 13.5 Å². The molecule has 4 N–H and O–H groups in total. The highest BCUT2D eigenvalue weighted by Gasteiger charge is 2.34. The van der Waals surface area contributed by atoms with Gasteiger partial charge in [-0.15, -0.1) is 24.0 Å². The van der Waals surface area contributed by atoms with Gasteiger partial charge in [0.25, 0.3) is 0 Å². The Morgan fingerprint density at radius 2 is 2.03 bits per heavy atom. The second-order valence-electron chi connectivity index (χ2n) is 7.02. The van der Waals surface area contributed by atoms with Gasteiger partial charge in [-0.1, -0.05) is 30.3 Å². The fourth-order valence-corrected chi connectivity index (χ4v) is 3.94. The maximum absolute atomic E-state index is 12.2. The molecule has 1 unspecified atom stereocenters. The lowest BCUT2D eigenvalue weighted by Crippen LogP contribution is -2.42. The van der Waals surface area contributed by atoms with Gasteiger partial charge >= 0.3 is 0 Å². The molecule has 1 heterocycles. The molecule has 0 amide bonds. The third-order valence-corrected chi connectivity index (χ3v) is 6.07. The lowest BCUT2D eigenvalue weighted by molar-refractivity contribution is 0.131. The van der Waals surface area contributed by atoms with Gasteiger partial charge in [-0.25, -0.2) is 13.1 Å². The minimum Gasteiger partial charge on any atom is -0.396 e. The molecule has 0 bridgehead atoms. The van der Waals surface area contributed by atoms with E-state index in [4.69, 9.17) is 4.74 Å². The van der Waals surface area contributed by atoms with E-state index in [0.29, 0.717) is 38.7 Å². The molecule has 2 rings (SSSR count). The predicted octanol–water partition coefficient (Wildman–Crippen LogP) is 1.07. The van der Waals surface area contributed by atoms with Crippen LogP contribution in [-0.4, -0.2) is 64.7 Å². The highest BCUT2D eigenvalue weighted by molar-refractivity contribution is 14.0. The van der Waals surface area contributed by atoms with Crippen molar-refractivity contribution in [2.75, 3.05) is 45.2 Å². The number of nitrogens with one attached hydrogen (secondary N) is 3. The number of sulfonamides is 1. The van der Waals surface area contributed by atoms with Crippen molar-refractivity contribution < 1.29 is 18.3 Å². The van der Waals surface area contributed by atoms with Crippen LogP contribution in [0.15, 0.2) is 35.3 Å². The standard InChI is InChI=1S/C19H32N4O4S.HI/c1-2-20-18(22-15-19(8-11-24)9-12-27-16-19)21-10-13-28(25,26)23-14-17-6-4-3-5-7-17;/h3-7,23-24H,2,8-16H2,1H3,(H2,20,21,22);1H. The number of aliphatic imine (C=N–C) groups is 1. The number of halogens is 1. The Kier molecular flexibility index (Phi) is 12.0. The number of hydrogen-bond acceptors (Lipinski definition) is 5. The van der Waals surface area contributed by atoms with Gasteiger partial charge in [-0.2, -0.15) is 0 Å². The first-order valence-electron chi connectivity index (χ1n) is 9.71. The SMILES string of the molecule is CCNC(=NCC1(CCO)CCOC1)NCCS(=O)(=O)NCc1ccccc1.I. The van der Waals surface area contributed by atoms with Gasteiger partial charge in [0, 0.05) is 38.3 Å². The fraction of sp³-hybridized carbons (Fsp3) is 0.632. The van der Waals surface area contributed by atoms with Crippen molar-refractivity contribution in [3.05, 3.63) is 35.9 Å². The molecule has 1 aliphatic heterocycles. The third-order valence-electron chi connectivity index (χ3n) is 4.75. The average molecular weight is 540 g/mol. The number of guanidine groups is 1. The van der Waals surface area contributed by atoms with E-state index >= 15 is 0 Å². The molecule has 1 saturated heterocycles. The number of hydrogen-bond donors (Lipinski definition) is 4. The normalized spacial score (nSPS) is 19.6. The zero-order chi connectivity index (χ0) is 20.3. The summed E-state index contributed by atoms with van der Waals surface area (Å²) in [6.07, 6.45) is 1.52. The van der Waals surface area contributed by atoms with Crippen molar-refractivity contribution in [1.82, 2.24) is 15.4 Å². The molecule has 1 fully saturated rings. The van der Waals surface area contributed by atoms with Gasteiger partial charge in [0.15, 0.2) is 5.96 Å². The number of benzene rings is 1. The van der Waals surface area contributed by atoms with Gasteiger partial charge in [0.1, 0.15) is 0 Å². The molecular formula is C19H33IN4O4S. The van der Waals surface area contributed by atoms with Crippen molar-refractivity contribution in [2.24, 2.45) is 10.4 Å². The Labute approximate surface area is 191 Å². The van der Waals surface area contributed by atoms with E-state index < -0.39 is 10.0 Å². The lowest BCUT2D eigenvalue weighted by atomic mass is 9.84. The van der Waals surface area contributed by atoms with Gasteiger partial charge in [-0.05, 0) is 25.3 Å². The molecule has 1 aromatic rings. The first-order valence-corrected chi connectivity index (χ1v) is 11.4. The monoisotopic (exact) mass is 540 g/mol. The van der Waals surface area contributed by atoms with Crippen LogP contribution in [-0.2, 0) is 21.3 Å². The smallest absolute Gasteiger partial charge is 0.213 e. The Morgan fingerprint density at radius 3 is 2.66 bits per heavy atom. The van der Waals surface area contributed by atoms with E-state index in [1.807, 2.05) is 37.3 Å². The minimum atomic E-state index is -3.39. The van der Waals surface area contributed by atoms with Crippen LogP contribution < -0.4 is 15.4 Å². The molecule has 0 aromatic heterocycles.